The van der Waals surface area contributed by atoms with Gasteiger partial charge in [-0.1, -0.05) is 12.1 Å². The van der Waals surface area contributed by atoms with Crippen LogP contribution in [0.1, 0.15) is 18.4 Å². The zero-order chi connectivity index (χ0) is 16.0. The molecule has 0 heterocycles. The minimum absolute atomic E-state index is 0.0333. The molecule has 7 nitrogen and oxygen atoms in total. The Morgan fingerprint density at radius 3 is 2.57 bits per heavy atom. The van der Waals surface area contributed by atoms with Gasteiger partial charge < -0.3 is 21.5 Å². The molecular weight excluding hydrogens is 281 g/mol. The standard InChI is InChI=1S/C13H16FN3O4/c1-7-3-2-4-8(14)11(7)17-13(21)16-9(12(19)20)5-6-10(15)18/h2-4,9H,5-6H2,1H3,(H2,15,18)(H,19,20)(H2,16,17,21). The summed E-state index contributed by atoms with van der Waals surface area (Å²) < 4.78 is 13.5. The molecule has 0 aliphatic carbocycles. The van der Waals surface area contributed by atoms with Crippen molar-refractivity contribution in [2.24, 2.45) is 5.73 Å². The van der Waals surface area contributed by atoms with E-state index in [1.807, 2.05) is 0 Å². The second-order valence-electron chi connectivity index (χ2n) is 4.43. The fourth-order valence-electron chi connectivity index (χ4n) is 1.64. The second kappa shape index (κ2) is 7.22. The van der Waals surface area contributed by atoms with Crippen molar-refractivity contribution in [1.29, 1.82) is 0 Å². The number of nitrogens with one attached hydrogen (secondary N) is 2. The molecule has 0 aromatic heterocycles. The molecule has 1 aromatic carbocycles. The maximum atomic E-state index is 13.5. The summed E-state index contributed by atoms with van der Waals surface area (Å²) >= 11 is 0. The number of carbonyl (C=O) groups is 3. The van der Waals surface area contributed by atoms with Crippen LogP contribution in [0.4, 0.5) is 14.9 Å². The van der Waals surface area contributed by atoms with E-state index in [2.05, 4.69) is 10.6 Å². The highest BCUT2D eigenvalue weighted by molar-refractivity contribution is 5.93. The van der Waals surface area contributed by atoms with Crippen LogP contribution in [0.25, 0.3) is 0 Å². The molecule has 114 valence electrons. The van der Waals surface area contributed by atoms with E-state index in [-0.39, 0.29) is 18.5 Å². The lowest BCUT2D eigenvalue weighted by Crippen LogP contribution is -2.43. The van der Waals surface area contributed by atoms with E-state index in [1.165, 1.54) is 12.1 Å². The Morgan fingerprint density at radius 2 is 2.05 bits per heavy atom. The molecule has 0 saturated carbocycles. The molecule has 8 heteroatoms. The number of primary amides is 1. The molecule has 0 radical (unpaired) electrons. The fourth-order valence-corrected chi connectivity index (χ4v) is 1.64. The van der Waals surface area contributed by atoms with Crippen LogP contribution in [0, 0.1) is 12.7 Å². The summed E-state index contributed by atoms with van der Waals surface area (Å²) in [6.07, 6.45) is -0.329. The van der Waals surface area contributed by atoms with Crippen molar-refractivity contribution in [3.8, 4) is 0 Å². The maximum Gasteiger partial charge on any atom is 0.326 e. The van der Waals surface area contributed by atoms with E-state index in [1.54, 1.807) is 13.0 Å². The number of carboxylic acids is 1. The van der Waals surface area contributed by atoms with Gasteiger partial charge in [0.1, 0.15) is 11.9 Å². The van der Waals surface area contributed by atoms with Gasteiger partial charge >= 0.3 is 12.0 Å². The first-order valence-corrected chi connectivity index (χ1v) is 6.15. The van der Waals surface area contributed by atoms with Crippen LogP contribution < -0.4 is 16.4 Å². The number of para-hydroxylation sites is 1. The van der Waals surface area contributed by atoms with Crippen LogP contribution in [0.15, 0.2) is 18.2 Å². The van der Waals surface area contributed by atoms with Gasteiger partial charge in [0.25, 0.3) is 0 Å². The number of urea groups is 1. The van der Waals surface area contributed by atoms with Crippen LogP contribution in [0.2, 0.25) is 0 Å². The van der Waals surface area contributed by atoms with Gasteiger partial charge in [-0.05, 0) is 25.0 Å². The average molecular weight is 297 g/mol. The number of benzene rings is 1. The summed E-state index contributed by atoms with van der Waals surface area (Å²) in [6.45, 7) is 1.60. The van der Waals surface area contributed by atoms with Crippen molar-refractivity contribution in [1.82, 2.24) is 5.32 Å². The lowest BCUT2D eigenvalue weighted by atomic mass is 10.1. The van der Waals surface area contributed by atoms with E-state index in [9.17, 15) is 18.8 Å². The maximum absolute atomic E-state index is 13.5. The predicted octanol–water partition coefficient (Wildman–Crippen LogP) is 0.974. The number of hydrogen-bond donors (Lipinski definition) is 4. The van der Waals surface area contributed by atoms with Gasteiger partial charge in [0.2, 0.25) is 5.91 Å². The van der Waals surface area contributed by atoms with Crippen molar-refractivity contribution in [2.45, 2.75) is 25.8 Å². The molecule has 0 aliphatic heterocycles. The zero-order valence-electron chi connectivity index (χ0n) is 11.4. The first-order chi connectivity index (χ1) is 9.81. The highest BCUT2D eigenvalue weighted by Crippen LogP contribution is 2.18. The normalized spacial score (nSPS) is 11.5. The molecule has 1 rings (SSSR count). The Kier molecular flexibility index (Phi) is 5.65. The van der Waals surface area contributed by atoms with Gasteiger partial charge in [-0.15, -0.1) is 0 Å². The Balaban J connectivity index is 2.70. The molecule has 5 N–H and O–H groups in total. The van der Waals surface area contributed by atoms with Crippen molar-refractivity contribution in [2.75, 3.05) is 5.32 Å². The van der Waals surface area contributed by atoms with Gasteiger partial charge in [-0.25, -0.2) is 14.0 Å². The van der Waals surface area contributed by atoms with E-state index in [4.69, 9.17) is 10.8 Å². The topological polar surface area (TPSA) is 122 Å². The van der Waals surface area contributed by atoms with Crippen molar-refractivity contribution >= 4 is 23.6 Å². The Labute approximate surface area is 120 Å². The van der Waals surface area contributed by atoms with Gasteiger partial charge in [-0.2, -0.15) is 0 Å². The number of rotatable bonds is 6. The fraction of sp³-hybridized carbons (Fsp3) is 0.308. The smallest absolute Gasteiger partial charge is 0.326 e. The van der Waals surface area contributed by atoms with Crippen LogP contribution in [-0.4, -0.2) is 29.1 Å². The molecule has 0 fully saturated rings. The molecule has 0 saturated heterocycles. The van der Waals surface area contributed by atoms with E-state index >= 15 is 0 Å². The second-order valence-corrected chi connectivity index (χ2v) is 4.43. The molecule has 3 amide bonds. The highest BCUT2D eigenvalue weighted by Gasteiger charge is 2.21. The summed E-state index contributed by atoms with van der Waals surface area (Å²) in [4.78, 5) is 33.3. The number of aryl methyl sites for hydroxylation is 1. The van der Waals surface area contributed by atoms with Gasteiger partial charge in [0.05, 0.1) is 5.69 Å². The third kappa shape index (κ3) is 5.09. The molecule has 0 spiro atoms. The number of nitrogens with two attached hydrogens (primary N) is 1. The monoisotopic (exact) mass is 297 g/mol. The van der Waals surface area contributed by atoms with Crippen LogP contribution in [0.3, 0.4) is 0 Å². The van der Waals surface area contributed by atoms with Crippen molar-refractivity contribution < 1.29 is 23.9 Å². The summed E-state index contributed by atoms with van der Waals surface area (Å²) in [7, 11) is 0. The zero-order valence-corrected chi connectivity index (χ0v) is 11.4. The summed E-state index contributed by atoms with van der Waals surface area (Å²) in [5, 5.41) is 13.3. The first-order valence-electron chi connectivity index (χ1n) is 6.15. The minimum Gasteiger partial charge on any atom is -0.480 e. The number of amides is 3. The third-order valence-corrected chi connectivity index (χ3v) is 2.74. The number of carbonyl (C=O) groups excluding carboxylic acids is 2. The lowest BCUT2D eigenvalue weighted by Gasteiger charge is -2.15. The summed E-state index contributed by atoms with van der Waals surface area (Å²) in [5.41, 5.74) is 5.39. The molecule has 21 heavy (non-hydrogen) atoms. The van der Waals surface area contributed by atoms with E-state index in [0.717, 1.165) is 0 Å². The number of aliphatic carboxylic acids is 1. The Hall–Kier alpha value is -2.64. The SMILES string of the molecule is Cc1cccc(F)c1NC(=O)NC(CCC(N)=O)C(=O)O. The lowest BCUT2D eigenvalue weighted by molar-refractivity contribution is -0.139. The number of halogens is 1. The number of anilines is 1. The average Bonchev–Trinajstić information content (AvgIpc) is 2.38. The summed E-state index contributed by atoms with van der Waals surface area (Å²) in [5.74, 6) is -2.61. The molecule has 1 atom stereocenters. The third-order valence-electron chi connectivity index (χ3n) is 2.74. The number of carboxylic acid groups (broad SMARTS) is 1. The van der Waals surface area contributed by atoms with Crippen LogP contribution in [-0.2, 0) is 9.59 Å². The largest absolute Gasteiger partial charge is 0.480 e. The van der Waals surface area contributed by atoms with Gasteiger partial charge in [-0.3, -0.25) is 4.79 Å². The molecular formula is C13H16FN3O4. The van der Waals surface area contributed by atoms with Crippen LogP contribution in [0.5, 0.6) is 0 Å². The Morgan fingerprint density at radius 1 is 1.38 bits per heavy atom. The highest BCUT2D eigenvalue weighted by atomic mass is 19.1. The first kappa shape index (κ1) is 16.4. The quantitative estimate of drug-likeness (QED) is 0.625. The minimum atomic E-state index is -1.31. The van der Waals surface area contributed by atoms with Crippen molar-refractivity contribution in [3.63, 3.8) is 0 Å². The van der Waals surface area contributed by atoms with Crippen molar-refractivity contribution in [3.05, 3.63) is 29.6 Å². The summed E-state index contributed by atoms with van der Waals surface area (Å²) in [6, 6.07) is 2.09. The number of hydrogen-bond acceptors (Lipinski definition) is 3. The molecule has 1 aromatic rings. The molecule has 1 unspecified atom stereocenters. The van der Waals surface area contributed by atoms with Gasteiger partial charge in [0, 0.05) is 6.42 Å². The molecule has 0 bridgehead atoms. The predicted molar refractivity (Wildman–Crippen MR) is 73.1 cm³/mol. The molecule has 0 aliphatic rings. The Bertz CT molecular complexity index is 542. The van der Waals surface area contributed by atoms with Gasteiger partial charge in [0.15, 0.2) is 0 Å². The van der Waals surface area contributed by atoms with E-state index < -0.39 is 29.8 Å². The van der Waals surface area contributed by atoms with Crippen LogP contribution >= 0.6 is 0 Å². The van der Waals surface area contributed by atoms with E-state index in [0.29, 0.717) is 5.56 Å².